The maximum absolute atomic E-state index is 11.2. The van der Waals surface area contributed by atoms with Gasteiger partial charge in [-0.25, -0.2) is 4.79 Å². The van der Waals surface area contributed by atoms with Crippen LogP contribution in [-0.4, -0.2) is 21.3 Å². The standard InChI is InChI=1S/C14H20O4/c1-3-5-7-10-9(6-4-2)8-11(15)13(16)12(10)14(17)18/h8,15-16H,3-7H2,1-2H3,(H,17,18). The Morgan fingerprint density at radius 2 is 1.83 bits per heavy atom. The van der Waals surface area contributed by atoms with Crippen molar-refractivity contribution in [2.24, 2.45) is 0 Å². The number of aromatic hydroxyl groups is 2. The van der Waals surface area contributed by atoms with E-state index in [0.29, 0.717) is 18.4 Å². The normalized spacial score (nSPS) is 10.6. The molecule has 0 atom stereocenters. The maximum atomic E-state index is 11.2. The minimum Gasteiger partial charge on any atom is -0.504 e. The first-order chi connectivity index (χ1) is 8.52. The number of unbranched alkanes of at least 4 members (excludes halogenated alkanes) is 1. The van der Waals surface area contributed by atoms with Gasteiger partial charge in [-0.05, 0) is 36.5 Å². The minimum absolute atomic E-state index is 0.146. The second kappa shape index (κ2) is 6.28. The summed E-state index contributed by atoms with van der Waals surface area (Å²) in [7, 11) is 0. The van der Waals surface area contributed by atoms with Gasteiger partial charge in [-0.2, -0.15) is 0 Å². The zero-order valence-corrected chi connectivity index (χ0v) is 10.9. The van der Waals surface area contributed by atoms with E-state index in [1.165, 1.54) is 6.07 Å². The lowest BCUT2D eigenvalue weighted by atomic mass is 9.92. The summed E-state index contributed by atoms with van der Waals surface area (Å²) < 4.78 is 0. The van der Waals surface area contributed by atoms with Gasteiger partial charge < -0.3 is 15.3 Å². The average molecular weight is 252 g/mol. The van der Waals surface area contributed by atoms with E-state index in [-0.39, 0.29) is 11.3 Å². The molecule has 0 fully saturated rings. The molecule has 4 heteroatoms. The van der Waals surface area contributed by atoms with Crippen LogP contribution in [0, 0.1) is 0 Å². The molecule has 3 N–H and O–H groups in total. The van der Waals surface area contributed by atoms with Crippen molar-refractivity contribution in [1.29, 1.82) is 0 Å². The molecule has 100 valence electrons. The lowest BCUT2D eigenvalue weighted by molar-refractivity contribution is 0.0691. The highest BCUT2D eigenvalue weighted by molar-refractivity contribution is 5.94. The fraction of sp³-hybridized carbons (Fsp3) is 0.500. The van der Waals surface area contributed by atoms with E-state index in [4.69, 9.17) is 0 Å². The molecule has 0 aliphatic heterocycles. The Kier molecular flexibility index (Phi) is 5.01. The molecule has 0 bridgehead atoms. The number of phenolic OH excluding ortho intramolecular Hbond substituents is 1. The molecular weight excluding hydrogens is 232 g/mol. The van der Waals surface area contributed by atoms with E-state index in [1.807, 2.05) is 13.8 Å². The van der Waals surface area contributed by atoms with Crippen LogP contribution in [0.25, 0.3) is 0 Å². The Balaban J connectivity index is 3.37. The van der Waals surface area contributed by atoms with Gasteiger partial charge in [0.1, 0.15) is 5.56 Å². The minimum atomic E-state index is -1.19. The van der Waals surface area contributed by atoms with Gasteiger partial charge in [-0.1, -0.05) is 26.7 Å². The fourth-order valence-electron chi connectivity index (χ4n) is 2.11. The molecule has 0 aliphatic carbocycles. The summed E-state index contributed by atoms with van der Waals surface area (Å²) in [6, 6.07) is 1.48. The van der Waals surface area contributed by atoms with Crippen molar-refractivity contribution in [3.63, 3.8) is 0 Å². The SMILES string of the molecule is CCCCc1c(CCC)cc(O)c(O)c1C(=O)O. The quantitative estimate of drug-likeness (QED) is 0.680. The predicted molar refractivity (Wildman–Crippen MR) is 69.3 cm³/mol. The lowest BCUT2D eigenvalue weighted by Crippen LogP contribution is -2.07. The largest absolute Gasteiger partial charge is 0.504 e. The van der Waals surface area contributed by atoms with Crippen molar-refractivity contribution in [3.05, 3.63) is 22.8 Å². The van der Waals surface area contributed by atoms with E-state index in [2.05, 4.69) is 0 Å². The van der Waals surface area contributed by atoms with Gasteiger partial charge in [-0.3, -0.25) is 0 Å². The summed E-state index contributed by atoms with van der Waals surface area (Å²) in [5.74, 6) is -2.06. The van der Waals surface area contributed by atoms with E-state index in [1.54, 1.807) is 0 Å². The molecule has 0 aromatic heterocycles. The van der Waals surface area contributed by atoms with Gasteiger partial charge in [0.2, 0.25) is 0 Å². The predicted octanol–water partition coefficient (Wildman–Crippen LogP) is 3.09. The Morgan fingerprint density at radius 3 is 2.33 bits per heavy atom. The van der Waals surface area contributed by atoms with Crippen LogP contribution in [-0.2, 0) is 12.8 Å². The zero-order valence-electron chi connectivity index (χ0n) is 10.9. The Bertz CT molecular complexity index is 438. The number of phenols is 2. The van der Waals surface area contributed by atoms with Gasteiger partial charge in [0, 0.05) is 0 Å². The van der Waals surface area contributed by atoms with Crippen molar-refractivity contribution in [2.45, 2.75) is 46.0 Å². The van der Waals surface area contributed by atoms with Crippen molar-refractivity contribution in [1.82, 2.24) is 0 Å². The van der Waals surface area contributed by atoms with Crippen molar-refractivity contribution in [3.8, 4) is 11.5 Å². The second-order valence-electron chi connectivity index (χ2n) is 4.42. The smallest absolute Gasteiger partial charge is 0.339 e. The van der Waals surface area contributed by atoms with Crippen LogP contribution in [0.15, 0.2) is 6.07 Å². The summed E-state index contributed by atoms with van der Waals surface area (Å²) in [5, 5.41) is 28.5. The first-order valence-electron chi connectivity index (χ1n) is 6.32. The summed E-state index contributed by atoms with van der Waals surface area (Å²) in [5.41, 5.74) is 1.33. The van der Waals surface area contributed by atoms with E-state index in [0.717, 1.165) is 24.8 Å². The number of rotatable bonds is 6. The molecule has 0 unspecified atom stereocenters. The number of aryl methyl sites for hydroxylation is 1. The topological polar surface area (TPSA) is 77.8 Å². The highest BCUT2D eigenvalue weighted by Crippen LogP contribution is 2.35. The van der Waals surface area contributed by atoms with Crippen molar-refractivity contribution >= 4 is 5.97 Å². The molecule has 1 rings (SSSR count). The van der Waals surface area contributed by atoms with Crippen LogP contribution in [0.2, 0.25) is 0 Å². The van der Waals surface area contributed by atoms with Crippen LogP contribution in [0.5, 0.6) is 11.5 Å². The molecule has 0 amide bonds. The van der Waals surface area contributed by atoms with E-state index < -0.39 is 11.7 Å². The molecule has 0 saturated heterocycles. The molecule has 0 spiro atoms. The first kappa shape index (κ1) is 14.4. The Hall–Kier alpha value is -1.71. The number of carboxylic acid groups (broad SMARTS) is 1. The van der Waals surface area contributed by atoms with Gasteiger partial charge in [0.05, 0.1) is 0 Å². The van der Waals surface area contributed by atoms with Gasteiger partial charge in [-0.15, -0.1) is 0 Å². The molecule has 1 aromatic carbocycles. The third-order valence-electron chi connectivity index (χ3n) is 2.99. The van der Waals surface area contributed by atoms with E-state index >= 15 is 0 Å². The maximum Gasteiger partial charge on any atom is 0.339 e. The number of aromatic carboxylic acids is 1. The molecule has 0 heterocycles. The highest BCUT2D eigenvalue weighted by atomic mass is 16.4. The lowest BCUT2D eigenvalue weighted by Gasteiger charge is -2.14. The van der Waals surface area contributed by atoms with Gasteiger partial charge in [0.25, 0.3) is 0 Å². The molecule has 4 nitrogen and oxygen atoms in total. The molecular formula is C14H20O4. The van der Waals surface area contributed by atoms with Crippen LogP contribution >= 0.6 is 0 Å². The first-order valence-corrected chi connectivity index (χ1v) is 6.32. The Morgan fingerprint density at radius 1 is 1.17 bits per heavy atom. The van der Waals surface area contributed by atoms with Crippen molar-refractivity contribution in [2.75, 3.05) is 0 Å². The van der Waals surface area contributed by atoms with E-state index in [9.17, 15) is 20.1 Å². The summed E-state index contributed by atoms with van der Waals surface area (Å²) in [6.45, 7) is 4.02. The number of hydrogen-bond acceptors (Lipinski definition) is 3. The third kappa shape index (κ3) is 2.94. The number of carboxylic acids is 1. The third-order valence-corrected chi connectivity index (χ3v) is 2.99. The molecule has 18 heavy (non-hydrogen) atoms. The number of hydrogen-bond donors (Lipinski definition) is 3. The molecule has 0 radical (unpaired) electrons. The van der Waals surface area contributed by atoms with Crippen molar-refractivity contribution < 1.29 is 20.1 Å². The molecule has 0 aliphatic rings. The summed E-state index contributed by atoms with van der Waals surface area (Å²) >= 11 is 0. The van der Waals surface area contributed by atoms with Crippen LogP contribution < -0.4 is 0 Å². The van der Waals surface area contributed by atoms with Crippen LogP contribution in [0.4, 0.5) is 0 Å². The fourth-order valence-corrected chi connectivity index (χ4v) is 2.11. The number of carbonyl (C=O) groups is 1. The van der Waals surface area contributed by atoms with Gasteiger partial charge in [0.15, 0.2) is 11.5 Å². The Labute approximate surface area is 107 Å². The number of benzene rings is 1. The second-order valence-corrected chi connectivity index (χ2v) is 4.42. The molecule has 0 saturated carbocycles. The summed E-state index contributed by atoms with van der Waals surface area (Å²) in [4.78, 5) is 11.2. The monoisotopic (exact) mass is 252 g/mol. The van der Waals surface area contributed by atoms with Gasteiger partial charge >= 0.3 is 5.97 Å². The summed E-state index contributed by atoms with van der Waals surface area (Å²) in [6.07, 6.45) is 3.99. The highest BCUT2D eigenvalue weighted by Gasteiger charge is 2.21. The average Bonchev–Trinajstić information content (AvgIpc) is 2.31. The van der Waals surface area contributed by atoms with Crippen LogP contribution in [0.3, 0.4) is 0 Å². The van der Waals surface area contributed by atoms with Crippen LogP contribution in [0.1, 0.15) is 54.6 Å². The zero-order chi connectivity index (χ0) is 13.7. The molecule has 1 aromatic rings.